The van der Waals surface area contributed by atoms with E-state index in [1.807, 2.05) is 34.1 Å². The maximum atomic E-state index is 14.2. The van der Waals surface area contributed by atoms with Gasteiger partial charge in [0.25, 0.3) is 0 Å². The Labute approximate surface area is 255 Å². The molecule has 2 fully saturated rings. The molecule has 0 spiro atoms. The predicted molar refractivity (Wildman–Crippen MR) is 168 cm³/mol. The Kier molecular flexibility index (Phi) is 9.83. The standard InChI is InChI=1S/C35H46N4O4/c1-23(2)39-22-31(20-37-39)30-15-16-36-33(19-30)38(35(42)28-11-5-25(6-12-28)18-34(40)41)21-26-7-9-27(10-8-26)29-13-14-32(43-4)24(3)17-29/h13-17,19-20,22-23,25-28H,5-12,18,21H2,1-4H3,(H,40,41)/t25-,26-,27-,28-. The summed E-state index contributed by atoms with van der Waals surface area (Å²) in [6.07, 6.45) is 13.3. The maximum absolute atomic E-state index is 14.2. The topological polar surface area (TPSA) is 97.5 Å². The van der Waals surface area contributed by atoms with Crippen LogP contribution in [0.25, 0.3) is 11.1 Å². The molecule has 0 saturated heterocycles. The number of hydrogen-bond acceptors (Lipinski definition) is 5. The van der Waals surface area contributed by atoms with Gasteiger partial charge < -0.3 is 9.84 Å². The van der Waals surface area contributed by atoms with E-state index in [4.69, 9.17) is 9.72 Å². The summed E-state index contributed by atoms with van der Waals surface area (Å²) in [4.78, 5) is 32.1. The number of carboxylic acid groups (broad SMARTS) is 1. The van der Waals surface area contributed by atoms with Crippen molar-refractivity contribution in [3.63, 3.8) is 0 Å². The van der Waals surface area contributed by atoms with E-state index in [1.165, 1.54) is 11.1 Å². The van der Waals surface area contributed by atoms with E-state index in [9.17, 15) is 14.7 Å². The highest BCUT2D eigenvalue weighted by Gasteiger charge is 2.34. The Morgan fingerprint density at radius 2 is 1.72 bits per heavy atom. The molecule has 8 heteroatoms. The van der Waals surface area contributed by atoms with Crippen LogP contribution in [0.1, 0.15) is 94.7 Å². The first-order chi connectivity index (χ1) is 20.7. The average molecular weight is 587 g/mol. The monoisotopic (exact) mass is 586 g/mol. The largest absolute Gasteiger partial charge is 0.496 e. The Balaban J connectivity index is 1.33. The maximum Gasteiger partial charge on any atom is 0.303 e. The fraction of sp³-hybridized carbons (Fsp3) is 0.543. The van der Waals surface area contributed by atoms with E-state index in [1.54, 1.807) is 13.3 Å². The first-order valence-corrected chi connectivity index (χ1v) is 15.9. The highest BCUT2D eigenvalue weighted by atomic mass is 16.5. The molecular formula is C35H46N4O4. The van der Waals surface area contributed by atoms with E-state index in [0.717, 1.165) is 68.2 Å². The summed E-state index contributed by atoms with van der Waals surface area (Å²) in [5.74, 6) is 1.98. The fourth-order valence-corrected chi connectivity index (χ4v) is 6.98. The Hall–Kier alpha value is -3.68. The summed E-state index contributed by atoms with van der Waals surface area (Å²) in [6.45, 7) is 6.96. The number of anilines is 1. The minimum absolute atomic E-state index is 0.0993. The highest BCUT2D eigenvalue weighted by molar-refractivity contribution is 5.94. The van der Waals surface area contributed by atoms with Crippen molar-refractivity contribution in [3.8, 4) is 16.9 Å². The minimum Gasteiger partial charge on any atom is -0.496 e. The number of carbonyl (C=O) groups is 2. The molecule has 2 aliphatic rings. The SMILES string of the molecule is COc1ccc([C@H]2CC[C@H](CN(c3cc(-c4cnn(C(C)C)c4)ccn3)C(=O)[C@H]3CC[C@H](CC(=O)O)CC3)CC2)cc1C. The molecule has 3 aromatic rings. The number of ether oxygens (including phenoxy) is 1. The van der Waals surface area contributed by atoms with Crippen LogP contribution in [-0.4, -0.2) is 45.4 Å². The number of carbonyl (C=O) groups excluding carboxylic acids is 1. The minimum atomic E-state index is -0.751. The van der Waals surface area contributed by atoms with Gasteiger partial charge in [-0.05, 0) is 125 Å². The summed E-state index contributed by atoms with van der Waals surface area (Å²) < 4.78 is 7.40. The third-order valence-corrected chi connectivity index (χ3v) is 9.59. The molecule has 0 radical (unpaired) electrons. The molecule has 1 aromatic carbocycles. The summed E-state index contributed by atoms with van der Waals surface area (Å²) in [5, 5.41) is 13.8. The van der Waals surface area contributed by atoms with Crippen LogP contribution in [0.4, 0.5) is 5.82 Å². The normalized spacial score (nSPS) is 22.3. The number of aromatic nitrogens is 3. The zero-order chi connectivity index (χ0) is 30.5. The molecule has 8 nitrogen and oxygen atoms in total. The number of methoxy groups -OCH3 is 1. The molecule has 1 N–H and O–H groups in total. The Bertz CT molecular complexity index is 1400. The van der Waals surface area contributed by atoms with Crippen LogP contribution in [0.3, 0.4) is 0 Å². The number of nitrogens with zero attached hydrogens (tertiary/aromatic N) is 4. The van der Waals surface area contributed by atoms with Crippen molar-refractivity contribution in [3.05, 3.63) is 60.0 Å². The van der Waals surface area contributed by atoms with Crippen LogP contribution in [0.15, 0.2) is 48.9 Å². The Morgan fingerprint density at radius 3 is 2.35 bits per heavy atom. The molecule has 5 rings (SSSR count). The summed E-state index contributed by atoms with van der Waals surface area (Å²) in [7, 11) is 1.71. The quantitative estimate of drug-likeness (QED) is 0.265. The van der Waals surface area contributed by atoms with Gasteiger partial charge in [0.15, 0.2) is 0 Å². The number of amides is 1. The molecule has 230 valence electrons. The van der Waals surface area contributed by atoms with Crippen molar-refractivity contribution < 1.29 is 19.4 Å². The molecular weight excluding hydrogens is 540 g/mol. The lowest BCUT2D eigenvalue weighted by molar-refractivity contribution is -0.138. The van der Waals surface area contributed by atoms with Gasteiger partial charge in [-0.1, -0.05) is 12.1 Å². The van der Waals surface area contributed by atoms with Gasteiger partial charge >= 0.3 is 5.97 Å². The molecule has 0 aliphatic heterocycles. The van der Waals surface area contributed by atoms with Gasteiger partial charge in [0.05, 0.1) is 13.3 Å². The first-order valence-electron chi connectivity index (χ1n) is 15.9. The predicted octanol–water partition coefficient (Wildman–Crippen LogP) is 7.43. The summed E-state index contributed by atoms with van der Waals surface area (Å²) in [5.41, 5.74) is 4.55. The van der Waals surface area contributed by atoms with Gasteiger partial charge in [-0.3, -0.25) is 19.2 Å². The fourth-order valence-electron chi connectivity index (χ4n) is 6.98. The van der Waals surface area contributed by atoms with Crippen molar-refractivity contribution in [2.75, 3.05) is 18.6 Å². The molecule has 0 bridgehead atoms. The van der Waals surface area contributed by atoms with Crippen LogP contribution in [0, 0.1) is 24.7 Å². The third-order valence-electron chi connectivity index (χ3n) is 9.59. The first kappa shape index (κ1) is 30.8. The molecule has 2 aromatic heterocycles. The second-order valence-electron chi connectivity index (χ2n) is 12.9. The van der Waals surface area contributed by atoms with Gasteiger partial charge in [0, 0.05) is 42.9 Å². The molecule has 1 amide bonds. The van der Waals surface area contributed by atoms with Crippen molar-refractivity contribution in [2.45, 2.75) is 90.5 Å². The van der Waals surface area contributed by atoms with Crippen molar-refractivity contribution in [1.29, 1.82) is 0 Å². The van der Waals surface area contributed by atoms with Crippen LogP contribution < -0.4 is 9.64 Å². The average Bonchev–Trinajstić information content (AvgIpc) is 3.51. The number of rotatable bonds is 10. The number of aliphatic carboxylic acids is 1. The van der Waals surface area contributed by atoms with E-state index in [-0.39, 0.29) is 30.2 Å². The molecule has 2 heterocycles. The lowest BCUT2D eigenvalue weighted by Crippen LogP contribution is -2.42. The number of hydrogen-bond donors (Lipinski definition) is 1. The lowest BCUT2D eigenvalue weighted by atomic mass is 9.77. The number of pyridine rings is 1. The summed E-state index contributed by atoms with van der Waals surface area (Å²) >= 11 is 0. The van der Waals surface area contributed by atoms with Crippen LogP contribution >= 0.6 is 0 Å². The van der Waals surface area contributed by atoms with E-state index in [0.29, 0.717) is 24.2 Å². The zero-order valence-corrected chi connectivity index (χ0v) is 26.0. The molecule has 43 heavy (non-hydrogen) atoms. The molecule has 2 saturated carbocycles. The molecule has 2 aliphatic carbocycles. The lowest BCUT2D eigenvalue weighted by Gasteiger charge is -2.35. The van der Waals surface area contributed by atoms with Crippen molar-refractivity contribution >= 4 is 17.7 Å². The smallest absolute Gasteiger partial charge is 0.303 e. The van der Waals surface area contributed by atoms with Crippen LogP contribution in [0.2, 0.25) is 0 Å². The van der Waals surface area contributed by atoms with E-state index in [2.05, 4.69) is 44.1 Å². The Morgan fingerprint density at radius 1 is 1.00 bits per heavy atom. The molecule has 0 unspecified atom stereocenters. The van der Waals surface area contributed by atoms with Gasteiger partial charge in [0.1, 0.15) is 11.6 Å². The number of carboxylic acids is 1. The second kappa shape index (κ2) is 13.7. The highest BCUT2D eigenvalue weighted by Crippen LogP contribution is 2.39. The second-order valence-corrected chi connectivity index (χ2v) is 12.9. The number of aryl methyl sites for hydroxylation is 1. The van der Waals surface area contributed by atoms with Crippen LogP contribution in [-0.2, 0) is 9.59 Å². The number of benzene rings is 1. The van der Waals surface area contributed by atoms with Gasteiger partial charge in [-0.25, -0.2) is 4.98 Å². The zero-order valence-electron chi connectivity index (χ0n) is 26.0. The van der Waals surface area contributed by atoms with Gasteiger partial charge in [0.2, 0.25) is 5.91 Å². The van der Waals surface area contributed by atoms with Crippen LogP contribution in [0.5, 0.6) is 5.75 Å². The van der Waals surface area contributed by atoms with Gasteiger partial charge in [-0.15, -0.1) is 0 Å². The van der Waals surface area contributed by atoms with Gasteiger partial charge in [-0.2, -0.15) is 5.10 Å². The summed E-state index contributed by atoms with van der Waals surface area (Å²) in [6, 6.07) is 10.8. The third kappa shape index (κ3) is 7.46. The van der Waals surface area contributed by atoms with E-state index < -0.39 is 5.97 Å². The van der Waals surface area contributed by atoms with Crippen molar-refractivity contribution in [2.24, 2.45) is 17.8 Å². The van der Waals surface area contributed by atoms with E-state index >= 15 is 0 Å². The molecule has 0 atom stereocenters. The van der Waals surface area contributed by atoms with Crippen molar-refractivity contribution in [1.82, 2.24) is 14.8 Å².